The van der Waals surface area contributed by atoms with Crippen LogP contribution < -0.4 is 5.32 Å². The second-order valence-electron chi connectivity index (χ2n) is 4.86. The lowest BCUT2D eigenvalue weighted by Gasteiger charge is -2.49. The topological polar surface area (TPSA) is 64.6 Å². The first-order valence-corrected chi connectivity index (χ1v) is 7.73. The zero-order valence-electron chi connectivity index (χ0n) is 11.3. The molecule has 0 aromatic carbocycles. The maximum atomic E-state index is 12.5. The Morgan fingerprint density at radius 2 is 1.86 bits per heavy atom. The molecule has 0 radical (unpaired) electrons. The molecule has 1 heterocycles. The molecule has 5 unspecified atom stereocenters. The molecule has 5 atom stereocenters. The van der Waals surface area contributed by atoms with E-state index in [4.69, 9.17) is 9.47 Å². The lowest BCUT2D eigenvalue weighted by Crippen LogP contribution is -2.70. The van der Waals surface area contributed by atoms with Crippen LogP contribution in [0.4, 0.5) is 13.2 Å². The number of hydrogen-bond donors (Lipinski definition) is 1. The van der Waals surface area contributed by atoms with E-state index in [0.29, 0.717) is 0 Å². The normalized spacial score (nSPS) is 37.0. The lowest BCUT2D eigenvalue weighted by atomic mass is 9.85. The molecule has 1 amide bonds. The quantitative estimate of drug-likeness (QED) is 0.528. The van der Waals surface area contributed by atoms with Gasteiger partial charge >= 0.3 is 18.1 Å². The molecule has 0 aliphatic carbocycles. The second kappa shape index (κ2) is 6.41. The van der Waals surface area contributed by atoms with Crippen molar-refractivity contribution >= 4 is 43.7 Å². The molecule has 5 nitrogen and oxygen atoms in total. The van der Waals surface area contributed by atoms with Crippen LogP contribution in [0.15, 0.2) is 0 Å². The van der Waals surface area contributed by atoms with Crippen molar-refractivity contribution in [3.05, 3.63) is 0 Å². The number of hydrogen-bond acceptors (Lipinski definition) is 4. The number of rotatable bonds is 2. The molecule has 1 aliphatic rings. The SMILES string of the molecule is CC(=O)OC1C(C)OC(Br)C(Br)C1(C)NC(=O)C(F)(F)F. The predicted molar refractivity (Wildman–Crippen MR) is 74.1 cm³/mol. The fourth-order valence-electron chi connectivity index (χ4n) is 2.11. The van der Waals surface area contributed by atoms with Gasteiger partial charge in [-0.3, -0.25) is 9.59 Å². The van der Waals surface area contributed by atoms with Gasteiger partial charge in [0.05, 0.1) is 16.5 Å². The van der Waals surface area contributed by atoms with Crippen LogP contribution in [0.1, 0.15) is 20.8 Å². The Hall–Kier alpha value is -0.350. The molecule has 0 spiro atoms. The summed E-state index contributed by atoms with van der Waals surface area (Å²) in [6.07, 6.45) is -6.84. The zero-order chi connectivity index (χ0) is 16.6. The Morgan fingerprint density at radius 1 is 1.33 bits per heavy atom. The molecule has 0 aromatic rings. The van der Waals surface area contributed by atoms with Crippen LogP contribution >= 0.6 is 31.9 Å². The largest absolute Gasteiger partial charge is 0.471 e. The van der Waals surface area contributed by atoms with Gasteiger partial charge < -0.3 is 14.8 Å². The van der Waals surface area contributed by atoms with E-state index in [9.17, 15) is 22.8 Å². The molecule has 0 saturated carbocycles. The van der Waals surface area contributed by atoms with Crippen LogP contribution in [0.5, 0.6) is 0 Å². The fourth-order valence-corrected chi connectivity index (χ4v) is 3.50. The molecule has 122 valence electrons. The average molecular weight is 441 g/mol. The van der Waals surface area contributed by atoms with E-state index >= 15 is 0 Å². The Labute approximate surface area is 136 Å². The van der Waals surface area contributed by atoms with Crippen LogP contribution in [0.25, 0.3) is 0 Å². The first-order valence-electron chi connectivity index (χ1n) is 5.89. The number of esters is 1. The summed E-state index contributed by atoms with van der Waals surface area (Å²) >= 11 is 6.35. The van der Waals surface area contributed by atoms with Gasteiger partial charge in [0.25, 0.3) is 0 Å². The Kier molecular flexibility index (Phi) is 5.71. The predicted octanol–water partition coefficient (Wildman–Crippen LogP) is 2.26. The summed E-state index contributed by atoms with van der Waals surface area (Å²) in [5.41, 5.74) is -1.51. The van der Waals surface area contributed by atoms with Crippen LogP contribution in [0, 0.1) is 0 Å². The molecule has 1 N–H and O–H groups in total. The third-order valence-electron chi connectivity index (χ3n) is 3.10. The van der Waals surface area contributed by atoms with Crippen LogP contribution in [-0.2, 0) is 19.1 Å². The molecule has 0 bridgehead atoms. The van der Waals surface area contributed by atoms with Gasteiger partial charge in [0.15, 0.2) is 6.10 Å². The molecule has 10 heteroatoms. The number of halogens is 5. The van der Waals surface area contributed by atoms with Crippen molar-refractivity contribution in [1.82, 2.24) is 5.32 Å². The Bertz CT molecular complexity index is 434. The highest BCUT2D eigenvalue weighted by Gasteiger charge is 2.56. The summed E-state index contributed by atoms with van der Waals surface area (Å²) < 4.78 is 48.0. The first-order chi connectivity index (χ1) is 9.39. The second-order valence-corrected chi connectivity index (χ2v) is 6.75. The highest BCUT2D eigenvalue weighted by atomic mass is 79.9. The first kappa shape index (κ1) is 18.7. The Morgan fingerprint density at radius 3 is 2.29 bits per heavy atom. The number of amides is 1. The van der Waals surface area contributed by atoms with Crippen molar-refractivity contribution in [3.8, 4) is 0 Å². The number of nitrogens with one attached hydrogen (secondary N) is 1. The monoisotopic (exact) mass is 439 g/mol. The summed E-state index contributed by atoms with van der Waals surface area (Å²) in [6.45, 7) is 4.03. The molecule has 1 aliphatic heterocycles. The summed E-state index contributed by atoms with van der Waals surface area (Å²) in [5, 5.41) is 1.23. The maximum absolute atomic E-state index is 12.5. The molecular formula is C11H14Br2F3NO4. The molecule has 21 heavy (non-hydrogen) atoms. The van der Waals surface area contributed by atoms with Crippen molar-refractivity contribution in [2.75, 3.05) is 0 Å². The van der Waals surface area contributed by atoms with Crippen LogP contribution in [-0.4, -0.2) is 45.6 Å². The minimum absolute atomic E-state index is 0.669. The van der Waals surface area contributed by atoms with Crippen molar-refractivity contribution in [1.29, 1.82) is 0 Å². The number of ether oxygens (including phenoxy) is 2. The molecule has 1 saturated heterocycles. The zero-order valence-corrected chi connectivity index (χ0v) is 14.5. The van der Waals surface area contributed by atoms with Crippen molar-refractivity contribution in [2.45, 2.75) is 54.5 Å². The van der Waals surface area contributed by atoms with E-state index in [-0.39, 0.29) is 0 Å². The van der Waals surface area contributed by atoms with Crippen LogP contribution in [0.3, 0.4) is 0 Å². The van der Waals surface area contributed by atoms with Crippen molar-refractivity contribution < 1.29 is 32.2 Å². The summed E-state index contributed by atoms with van der Waals surface area (Å²) in [7, 11) is 0. The smallest absolute Gasteiger partial charge is 0.457 e. The molecule has 0 aromatic heterocycles. The van der Waals surface area contributed by atoms with Gasteiger partial charge in [-0.15, -0.1) is 0 Å². The summed E-state index contributed by atoms with van der Waals surface area (Å²) in [6, 6.07) is 0. The minimum Gasteiger partial charge on any atom is -0.457 e. The number of carbonyl (C=O) groups excluding carboxylic acids is 2. The van der Waals surface area contributed by atoms with E-state index in [1.165, 1.54) is 6.92 Å². The highest BCUT2D eigenvalue weighted by molar-refractivity contribution is 9.12. The number of alkyl halides is 5. The molecule has 1 rings (SSSR count). The van der Waals surface area contributed by atoms with Crippen molar-refractivity contribution in [2.24, 2.45) is 0 Å². The Balaban J connectivity index is 3.13. The van der Waals surface area contributed by atoms with Gasteiger partial charge in [-0.1, -0.05) is 31.9 Å². The number of carbonyl (C=O) groups is 2. The van der Waals surface area contributed by atoms with Gasteiger partial charge in [-0.2, -0.15) is 13.2 Å². The van der Waals surface area contributed by atoms with Gasteiger partial charge in [-0.05, 0) is 13.8 Å². The minimum atomic E-state index is -5.04. The standard InChI is InChI=1S/C11H14Br2F3NO4/c1-4-7(21-5(2)18)10(3,6(12)8(13)20-4)17-9(19)11(14,15)16/h4,6-8H,1-3H3,(H,17,19). The third-order valence-corrected chi connectivity index (χ3v) is 5.98. The van der Waals surface area contributed by atoms with Gasteiger partial charge in [0, 0.05) is 6.92 Å². The summed E-state index contributed by atoms with van der Waals surface area (Å²) in [4.78, 5) is 21.7. The van der Waals surface area contributed by atoms with Gasteiger partial charge in [-0.25, -0.2) is 0 Å². The van der Waals surface area contributed by atoms with Crippen molar-refractivity contribution in [3.63, 3.8) is 0 Å². The van der Waals surface area contributed by atoms with E-state index in [1.54, 1.807) is 6.92 Å². The van der Waals surface area contributed by atoms with Gasteiger partial charge in [0.2, 0.25) is 0 Å². The fraction of sp³-hybridized carbons (Fsp3) is 0.818. The average Bonchev–Trinajstić information content (AvgIpc) is 2.31. The van der Waals surface area contributed by atoms with E-state index < -0.39 is 45.6 Å². The molecule has 1 fully saturated rings. The molecular weight excluding hydrogens is 427 g/mol. The lowest BCUT2D eigenvalue weighted by molar-refractivity contribution is -0.188. The van der Waals surface area contributed by atoms with E-state index in [0.717, 1.165) is 6.92 Å². The van der Waals surface area contributed by atoms with Gasteiger partial charge in [0.1, 0.15) is 5.01 Å². The third kappa shape index (κ3) is 4.10. The van der Waals surface area contributed by atoms with Crippen LogP contribution in [0.2, 0.25) is 0 Å². The van der Waals surface area contributed by atoms with E-state index in [2.05, 4.69) is 31.9 Å². The summed E-state index contributed by atoms with van der Waals surface area (Å²) in [5.74, 6) is -2.80. The highest BCUT2D eigenvalue weighted by Crippen LogP contribution is 2.39. The van der Waals surface area contributed by atoms with E-state index in [1.807, 2.05) is 5.32 Å². The maximum Gasteiger partial charge on any atom is 0.471 e.